The fourth-order valence-corrected chi connectivity index (χ4v) is 1.83. The van der Waals surface area contributed by atoms with Crippen LogP contribution < -0.4 is 11.1 Å². The second kappa shape index (κ2) is 6.87. The van der Waals surface area contributed by atoms with Gasteiger partial charge in [0.15, 0.2) is 0 Å². The van der Waals surface area contributed by atoms with Gasteiger partial charge in [-0.3, -0.25) is 0 Å². The quantitative estimate of drug-likeness (QED) is 0.581. The van der Waals surface area contributed by atoms with E-state index in [1.807, 2.05) is 0 Å². The summed E-state index contributed by atoms with van der Waals surface area (Å²) in [7, 11) is 0. The van der Waals surface area contributed by atoms with Crippen molar-refractivity contribution >= 4 is 34.6 Å². The first kappa shape index (κ1) is 13.5. The molecule has 0 atom stereocenters. The number of hydrogen-bond acceptors (Lipinski definition) is 2. The van der Waals surface area contributed by atoms with E-state index >= 15 is 0 Å². The monoisotopic (exact) mass is 260 g/mol. The van der Waals surface area contributed by atoms with E-state index in [0.29, 0.717) is 15.7 Å². The predicted octanol–water partition coefficient (Wildman–Crippen LogP) is 4.57. The standard InChI is InChI=1S/C12H18Cl2N2/c1-2-3-4-5-6-16-12-8-10(14)9(13)7-11(12)15/h7-8,16H,2-6,15H2,1H3. The number of nitrogens with one attached hydrogen (secondary N) is 1. The van der Waals surface area contributed by atoms with Crippen LogP contribution in [0.4, 0.5) is 11.4 Å². The molecule has 0 radical (unpaired) electrons. The van der Waals surface area contributed by atoms with E-state index in [1.165, 1.54) is 19.3 Å². The first-order valence-electron chi connectivity index (χ1n) is 5.63. The van der Waals surface area contributed by atoms with Crippen molar-refractivity contribution in [3.05, 3.63) is 22.2 Å². The summed E-state index contributed by atoms with van der Waals surface area (Å²) in [5.74, 6) is 0. The van der Waals surface area contributed by atoms with Gasteiger partial charge in [0.25, 0.3) is 0 Å². The largest absolute Gasteiger partial charge is 0.397 e. The molecule has 2 nitrogen and oxygen atoms in total. The number of hydrogen-bond donors (Lipinski definition) is 2. The molecule has 0 aliphatic carbocycles. The molecule has 1 rings (SSSR count). The fraction of sp³-hybridized carbons (Fsp3) is 0.500. The Balaban J connectivity index is 2.45. The summed E-state index contributed by atoms with van der Waals surface area (Å²) in [4.78, 5) is 0. The van der Waals surface area contributed by atoms with Gasteiger partial charge in [-0.2, -0.15) is 0 Å². The minimum atomic E-state index is 0.496. The van der Waals surface area contributed by atoms with Crippen molar-refractivity contribution in [3.8, 4) is 0 Å². The molecule has 0 saturated carbocycles. The molecule has 16 heavy (non-hydrogen) atoms. The molecule has 0 aliphatic heterocycles. The smallest absolute Gasteiger partial charge is 0.0614 e. The molecular formula is C12H18Cl2N2. The predicted molar refractivity (Wildman–Crippen MR) is 73.5 cm³/mol. The molecule has 3 N–H and O–H groups in total. The maximum absolute atomic E-state index is 5.92. The third kappa shape index (κ3) is 4.11. The van der Waals surface area contributed by atoms with Crippen LogP contribution in [0.25, 0.3) is 0 Å². The Hall–Kier alpha value is -0.600. The van der Waals surface area contributed by atoms with Crippen LogP contribution >= 0.6 is 23.2 Å². The van der Waals surface area contributed by atoms with Crippen molar-refractivity contribution < 1.29 is 0 Å². The average molecular weight is 261 g/mol. The summed E-state index contributed by atoms with van der Waals surface area (Å²) in [5.41, 5.74) is 7.34. The molecule has 0 bridgehead atoms. The number of rotatable bonds is 6. The Labute approximate surface area is 107 Å². The number of nitrogens with two attached hydrogens (primary N) is 1. The second-order valence-corrected chi connectivity index (χ2v) is 4.66. The topological polar surface area (TPSA) is 38.0 Å². The highest BCUT2D eigenvalue weighted by molar-refractivity contribution is 6.42. The molecule has 90 valence electrons. The minimum absolute atomic E-state index is 0.496. The third-order valence-corrected chi connectivity index (χ3v) is 3.16. The van der Waals surface area contributed by atoms with Crippen molar-refractivity contribution in [1.29, 1.82) is 0 Å². The Bertz CT molecular complexity index is 340. The van der Waals surface area contributed by atoms with E-state index in [1.54, 1.807) is 12.1 Å². The molecule has 0 spiro atoms. The lowest BCUT2D eigenvalue weighted by molar-refractivity contribution is 0.685. The molecule has 0 aromatic heterocycles. The maximum Gasteiger partial charge on any atom is 0.0614 e. The normalized spacial score (nSPS) is 10.4. The number of benzene rings is 1. The Morgan fingerprint density at radius 1 is 1.12 bits per heavy atom. The zero-order chi connectivity index (χ0) is 12.0. The van der Waals surface area contributed by atoms with Gasteiger partial charge in [-0.05, 0) is 18.6 Å². The van der Waals surface area contributed by atoms with Crippen molar-refractivity contribution in [3.63, 3.8) is 0 Å². The van der Waals surface area contributed by atoms with Crippen molar-refractivity contribution in [1.82, 2.24) is 0 Å². The van der Waals surface area contributed by atoms with Gasteiger partial charge in [0.05, 0.1) is 21.4 Å². The molecule has 1 aromatic rings. The van der Waals surface area contributed by atoms with Crippen LogP contribution in [0, 0.1) is 0 Å². The minimum Gasteiger partial charge on any atom is -0.397 e. The highest BCUT2D eigenvalue weighted by atomic mass is 35.5. The Morgan fingerprint density at radius 3 is 2.50 bits per heavy atom. The van der Waals surface area contributed by atoms with Crippen LogP contribution in [0.5, 0.6) is 0 Å². The van der Waals surface area contributed by atoms with Gasteiger partial charge < -0.3 is 11.1 Å². The molecule has 1 aromatic carbocycles. The van der Waals surface area contributed by atoms with E-state index in [4.69, 9.17) is 28.9 Å². The summed E-state index contributed by atoms with van der Waals surface area (Å²) in [5, 5.41) is 4.30. The zero-order valence-electron chi connectivity index (χ0n) is 9.52. The Kier molecular flexibility index (Phi) is 5.78. The van der Waals surface area contributed by atoms with Crippen molar-refractivity contribution in [2.24, 2.45) is 0 Å². The van der Waals surface area contributed by atoms with Gasteiger partial charge in [-0.15, -0.1) is 0 Å². The molecule has 0 aliphatic rings. The first-order valence-corrected chi connectivity index (χ1v) is 6.39. The van der Waals surface area contributed by atoms with Crippen LogP contribution in [0.2, 0.25) is 10.0 Å². The first-order chi connectivity index (χ1) is 7.65. The van der Waals surface area contributed by atoms with Crippen LogP contribution in [-0.2, 0) is 0 Å². The number of halogens is 2. The van der Waals surface area contributed by atoms with E-state index < -0.39 is 0 Å². The fourth-order valence-electron chi connectivity index (χ4n) is 1.49. The van der Waals surface area contributed by atoms with Gasteiger partial charge in [-0.1, -0.05) is 49.4 Å². The van der Waals surface area contributed by atoms with Gasteiger partial charge in [0, 0.05) is 6.54 Å². The molecule has 0 heterocycles. The van der Waals surface area contributed by atoms with Crippen molar-refractivity contribution in [2.45, 2.75) is 32.6 Å². The highest BCUT2D eigenvalue weighted by Crippen LogP contribution is 2.30. The average Bonchev–Trinajstić information content (AvgIpc) is 2.25. The Morgan fingerprint density at radius 2 is 1.81 bits per heavy atom. The SMILES string of the molecule is CCCCCCNc1cc(Cl)c(Cl)cc1N. The maximum atomic E-state index is 5.92. The van der Waals surface area contributed by atoms with E-state index in [2.05, 4.69) is 12.2 Å². The molecule has 0 unspecified atom stereocenters. The summed E-state index contributed by atoms with van der Waals surface area (Å²) in [6.45, 7) is 3.12. The van der Waals surface area contributed by atoms with E-state index in [0.717, 1.165) is 18.7 Å². The lowest BCUT2D eigenvalue weighted by Crippen LogP contribution is -2.04. The second-order valence-electron chi connectivity index (χ2n) is 3.84. The van der Waals surface area contributed by atoms with Gasteiger partial charge in [0.1, 0.15) is 0 Å². The lowest BCUT2D eigenvalue weighted by Gasteiger charge is -2.10. The van der Waals surface area contributed by atoms with Crippen LogP contribution in [0.15, 0.2) is 12.1 Å². The lowest BCUT2D eigenvalue weighted by atomic mass is 10.2. The third-order valence-electron chi connectivity index (χ3n) is 2.44. The van der Waals surface area contributed by atoms with Crippen LogP contribution in [-0.4, -0.2) is 6.54 Å². The molecule has 0 fully saturated rings. The summed E-state index contributed by atoms with van der Waals surface area (Å²) in [6.07, 6.45) is 4.91. The van der Waals surface area contributed by atoms with Crippen LogP contribution in [0.3, 0.4) is 0 Å². The van der Waals surface area contributed by atoms with Gasteiger partial charge in [0.2, 0.25) is 0 Å². The highest BCUT2D eigenvalue weighted by Gasteiger charge is 2.04. The number of unbranched alkanes of at least 4 members (excludes halogenated alkanes) is 3. The van der Waals surface area contributed by atoms with Crippen molar-refractivity contribution in [2.75, 3.05) is 17.6 Å². The summed E-state index contributed by atoms with van der Waals surface area (Å²) < 4.78 is 0. The molecule has 0 amide bonds. The summed E-state index contributed by atoms with van der Waals surface area (Å²) in [6, 6.07) is 3.46. The van der Waals surface area contributed by atoms with E-state index in [9.17, 15) is 0 Å². The number of anilines is 2. The van der Waals surface area contributed by atoms with Crippen LogP contribution in [0.1, 0.15) is 32.6 Å². The molecule has 0 saturated heterocycles. The summed E-state index contributed by atoms with van der Waals surface area (Å²) >= 11 is 11.8. The van der Waals surface area contributed by atoms with E-state index in [-0.39, 0.29) is 0 Å². The van der Waals surface area contributed by atoms with Gasteiger partial charge >= 0.3 is 0 Å². The number of nitrogen functional groups attached to an aromatic ring is 1. The molecule has 4 heteroatoms. The van der Waals surface area contributed by atoms with Gasteiger partial charge in [-0.25, -0.2) is 0 Å². The zero-order valence-corrected chi connectivity index (χ0v) is 11.0. The molecular weight excluding hydrogens is 243 g/mol.